The van der Waals surface area contributed by atoms with Gasteiger partial charge in [-0.1, -0.05) is 35.9 Å². The number of nitrogens with two attached hydrogens (primary N) is 1. The monoisotopic (exact) mass is 275 g/mol. The van der Waals surface area contributed by atoms with Gasteiger partial charge in [-0.15, -0.1) is 0 Å². The van der Waals surface area contributed by atoms with Gasteiger partial charge in [-0.05, 0) is 49.2 Å². The van der Waals surface area contributed by atoms with Gasteiger partial charge in [-0.2, -0.15) is 0 Å². The summed E-state index contributed by atoms with van der Waals surface area (Å²) in [5.41, 5.74) is 8.19. The van der Waals surface area contributed by atoms with Crippen molar-refractivity contribution < 1.29 is 4.74 Å². The summed E-state index contributed by atoms with van der Waals surface area (Å²) in [5.74, 6) is 0.822. The van der Waals surface area contributed by atoms with E-state index in [2.05, 4.69) is 0 Å². The van der Waals surface area contributed by atoms with Crippen molar-refractivity contribution >= 4 is 11.6 Å². The first-order valence-corrected chi connectivity index (χ1v) is 6.68. The highest BCUT2D eigenvalue weighted by molar-refractivity contribution is 6.30. The van der Waals surface area contributed by atoms with Crippen LogP contribution in [0, 0.1) is 6.92 Å². The molecule has 2 atom stereocenters. The third-order valence-electron chi connectivity index (χ3n) is 2.91. The van der Waals surface area contributed by atoms with Crippen LogP contribution in [0.4, 0.5) is 0 Å². The summed E-state index contributed by atoms with van der Waals surface area (Å²) in [6, 6.07) is 15.4. The highest BCUT2D eigenvalue weighted by Crippen LogP contribution is 2.26. The van der Waals surface area contributed by atoms with E-state index in [1.807, 2.05) is 62.4 Å². The summed E-state index contributed by atoms with van der Waals surface area (Å²) < 4.78 is 6.01. The summed E-state index contributed by atoms with van der Waals surface area (Å²) in [7, 11) is 0. The van der Waals surface area contributed by atoms with Crippen molar-refractivity contribution in [2.75, 3.05) is 0 Å². The second-order valence-electron chi connectivity index (χ2n) is 4.77. The molecule has 0 aliphatic heterocycles. The molecule has 2 rings (SSSR count). The summed E-state index contributed by atoms with van der Waals surface area (Å²) in [6.07, 6.45) is -0.208. The Balaban J connectivity index is 2.26. The Bertz CT molecular complexity index is 554. The van der Waals surface area contributed by atoms with Crippen LogP contribution in [0.25, 0.3) is 0 Å². The number of rotatable bonds is 4. The topological polar surface area (TPSA) is 35.2 Å². The predicted octanol–water partition coefficient (Wildman–Crippen LogP) is 4.12. The molecule has 19 heavy (non-hydrogen) atoms. The van der Waals surface area contributed by atoms with Crippen LogP contribution < -0.4 is 10.5 Å². The lowest BCUT2D eigenvalue weighted by atomic mass is 10.0. The molecule has 3 heteroatoms. The third kappa shape index (κ3) is 3.72. The molecule has 0 aromatic heterocycles. The zero-order valence-corrected chi connectivity index (χ0v) is 11.9. The highest BCUT2D eigenvalue weighted by Gasteiger charge is 2.18. The molecule has 0 aliphatic carbocycles. The molecular weight excluding hydrogens is 258 g/mol. The first kappa shape index (κ1) is 13.9. The minimum absolute atomic E-state index is 0.126. The second kappa shape index (κ2) is 6.09. The molecule has 0 saturated heterocycles. The SMILES string of the molecule is Cc1cccc(OC(c2cccc(Cl)c2)C(C)N)c1. The lowest BCUT2D eigenvalue weighted by molar-refractivity contribution is 0.180. The number of hydrogen-bond acceptors (Lipinski definition) is 2. The van der Waals surface area contributed by atoms with Crippen LogP contribution in [0.5, 0.6) is 5.75 Å². The maximum Gasteiger partial charge on any atom is 0.138 e. The van der Waals surface area contributed by atoms with Crippen molar-refractivity contribution in [1.82, 2.24) is 0 Å². The standard InChI is InChI=1S/C16H18ClNO/c1-11-5-3-8-15(9-11)19-16(12(2)18)13-6-4-7-14(17)10-13/h3-10,12,16H,18H2,1-2H3. The average Bonchev–Trinajstić information content (AvgIpc) is 2.35. The quantitative estimate of drug-likeness (QED) is 0.911. The van der Waals surface area contributed by atoms with Gasteiger partial charge in [0.2, 0.25) is 0 Å². The van der Waals surface area contributed by atoms with Gasteiger partial charge < -0.3 is 10.5 Å². The molecule has 2 N–H and O–H groups in total. The van der Waals surface area contributed by atoms with E-state index in [0.717, 1.165) is 16.9 Å². The van der Waals surface area contributed by atoms with Crippen molar-refractivity contribution in [3.05, 3.63) is 64.7 Å². The molecule has 2 nitrogen and oxygen atoms in total. The number of ether oxygens (including phenoxy) is 1. The van der Waals surface area contributed by atoms with Gasteiger partial charge in [0.15, 0.2) is 0 Å². The summed E-state index contributed by atoms with van der Waals surface area (Å²) in [5, 5.41) is 0.691. The van der Waals surface area contributed by atoms with Crippen LogP contribution in [-0.2, 0) is 0 Å². The lowest BCUT2D eigenvalue weighted by Crippen LogP contribution is -2.29. The van der Waals surface area contributed by atoms with E-state index in [1.54, 1.807) is 0 Å². The molecule has 0 saturated carbocycles. The summed E-state index contributed by atoms with van der Waals surface area (Å²) >= 11 is 6.03. The largest absolute Gasteiger partial charge is 0.484 e. The smallest absolute Gasteiger partial charge is 0.138 e. The van der Waals surface area contributed by atoms with Crippen molar-refractivity contribution in [2.24, 2.45) is 5.73 Å². The second-order valence-corrected chi connectivity index (χ2v) is 5.21. The summed E-state index contributed by atoms with van der Waals surface area (Å²) in [4.78, 5) is 0. The van der Waals surface area contributed by atoms with Crippen molar-refractivity contribution in [1.29, 1.82) is 0 Å². The van der Waals surface area contributed by atoms with Gasteiger partial charge in [0, 0.05) is 11.1 Å². The van der Waals surface area contributed by atoms with Crippen LogP contribution in [0.1, 0.15) is 24.2 Å². The van der Waals surface area contributed by atoms with E-state index < -0.39 is 0 Å². The van der Waals surface area contributed by atoms with E-state index in [1.165, 1.54) is 0 Å². The zero-order valence-electron chi connectivity index (χ0n) is 11.1. The minimum Gasteiger partial charge on any atom is -0.484 e. The molecule has 100 valence electrons. The van der Waals surface area contributed by atoms with E-state index in [-0.39, 0.29) is 12.1 Å². The van der Waals surface area contributed by atoms with Gasteiger partial charge in [-0.25, -0.2) is 0 Å². The fourth-order valence-corrected chi connectivity index (χ4v) is 2.20. The minimum atomic E-state index is -0.208. The molecule has 0 fully saturated rings. The predicted molar refractivity (Wildman–Crippen MR) is 79.6 cm³/mol. The first-order valence-electron chi connectivity index (χ1n) is 6.30. The van der Waals surface area contributed by atoms with Crippen LogP contribution in [0.15, 0.2) is 48.5 Å². The Hall–Kier alpha value is -1.51. The molecule has 0 aliphatic rings. The maximum atomic E-state index is 6.04. The Morgan fingerprint density at radius 2 is 1.84 bits per heavy atom. The molecule has 2 unspecified atom stereocenters. The Labute approximate surface area is 119 Å². The molecule has 0 radical (unpaired) electrons. The molecule has 0 amide bonds. The van der Waals surface area contributed by atoms with Gasteiger partial charge in [0.1, 0.15) is 11.9 Å². The number of aryl methyl sites for hydroxylation is 1. The van der Waals surface area contributed by atoms with Crippen molar-refractivity contribution in [3.8, 4) is 5.75 Å². The van der Waals surface area contributed by atoms with Crippen molar-refractivity contribution in [3.63, 3.8) is 0 Å². The molecule has 0 spiro atoms. The van der Waals surface area contributed by atoms with Gasteiger partial charge in [-0.3, -0.25) is 0 Å². The molecular formula is C16H18ClNO. The molecule has 2 aromatic rings. The van der Waals surface area contributed by atoms with Crippen molar-refractivity contribution in [2.45, 2.75) is 26.0 Å². The van der Waals surface area contributed by atoms with Gasteiger partial charge >= 0.3 is 0 Å². The van der Waals surface area contributed by atoms with Crippen LogP contribution in [0.2, 0.25) is 5.02 Å². The van der Waals surface area contributed by atoms with Crippen LogP contribution >= 0.6 is 11.6 Å². The number of halogens is 1. The highest BCUT2D eigenvalue weighted by atomic mass is 35.5. The molecule has 2 aromatic carbocycles. The fourth-order valence-electron chi connectivity index (χ4n) is 2.00. The van der Waals surface area contributed by atoms with E-state index in [4.69, 9.17) is 22.1 Å². The lowest BCUT2D eigenvalue weighted by Gasteiger charge is -2.23. The van der Waals surface area contributed by atoms with Crippen LogP contribution in [0.3, 0.4) is 0 Å². The average molecular weight is 276 g/mol. The normalized spacial score (nSPS) is 13.9. The zero-order chi connectivity index (χ0) is 13.8. The maximum absolute atomic E-state index is 6.04. The van der Waals surface area contributed by atoms with E-state index in [0.29, 0.717) is 5.02 Å². The van der Waals surface area contributed by atoms with E-state index in [9.17, 15) is 0 Å². The Kier molecular flexibility index (Phi) is 4.46. The van der Waals surface area contributed by atoms with Crippen LogP contribution in [-0.4, -0.2) is 6.04 Å². The van der Waals surface area contributed by atoms with Gasteiger partial charge in [0.25, 0.3) is 0 Å². The first-order chi connectivity index (χ1) is 9.06. The van der Waals surface area contributed by atoms with Gasteiger partial charge in [0.05, 0.1) is 0 Å². The number of hydrogen-bond donors (Lipinski definition) is 1. The Morgan fingerprint density at radius 1 is 1.11 bits per heavy atom. The molecule has 0 bridgehead atoms. The Morgan fingerprint density at radius 3 is 2.47 bits per heavy atom. The summed E-state index contributed by atoms with van der Waals surface area (Å²) in [6.45, 7) is 3.97. The number of benzene rings is 2. The third-order valence-corrected chi connectivity index (χ3v) is 3.14. The van der Waals surface area contributed by atoms with E-state index >= 15 is 0 Å². The fraction of sp³-hybridized carbons (Fsp3) is 0.250. The molecule has 0 heterocycles.